The van der Waals surface area contributed by atoms with E-state index in [4.69, 9.17) is 14.9 Å². The molecule has 0 heterocycles. The first-order valence-electron chi connectivity index (χ1n) is 6.29. The van der Waals surface area contributed by atoms with Gasteiger partial charge in [0, 0.05) is 6.42 Å². The van der Waals surface area contributed by atoms with E-state index in [1.807, 2.05) is 0 Å². The van der Waals surface area contributed by atoms with Crippen LogP contribution in [0.3, 0.4) is 0 Å². The van der Waals surface area contributed by atoms with Crippen molar-refractivity contribution in [2.45, 2.75) is 25.3 Å². The number of methoxy groups -OCH3 is 1. The molecule has 1 amide bonds. The van der Waals surface area contributed by atoms with Gasteiger partial charge in [0.25, 0.3) is 0 Å². The van der Waals surface area contributed by atoms with Crippen LogP contribution in [-0.4, -0.2) is 41.2 Å². The fourth-order valence-electron chi connectivity index (χ4n) is 1.74. The molecule has 21 heavy (non-hydrogen) atoms. The molecule has 1 aromatic carbocycles. The van der Waals surface area contributed by atoms with Crippen molar-refractivity contribution >= 4 is 17.8 Å². The number of benzene rings is 1. The van der Waals surface area contributed by atoms with Gasteiger partial charge in [-0.05, 0) is 24.1 Å². The van der Waals surface area contributed by atoms with Gasteiger partial charge >= 0.3 is 11.9 Å². The van der Waals surface area contributed by atoms with Crippen molar-refractivity contribution in [1.82, 2.24) is 5.32 Å². The molecule has 0 spiro atoms. The van der Waals surface area contributed by atoms with Crippen molar-refractivity contribution in [1.29, 1.82) is 0 Å². The summed E-state index contributed by atoms with van der Waals surface area (Å²) in [5.41, 5.74) is 0.675. The van der Waals surface area contributed by atoms with E-state index in [2.05, 4.69) is 5.32 Å². The van der Waals surface area contributed by atoms with Crippen LogP contribution in [0.1, 0.15) is 18.4 Å². The Balaban J connectivity index is 2.60. The lowest BCUT2D eigenvalue weighted by Crippen LogP contribution is -2.41. The molecule has 114 valence electrons. The first-order chi connectivity index (χ1) is 9.92. The van der Waals surface area contributed by atoms with Crippen molar-refractivity contribution < 1.29 is 29.3 Å². The standard InChI is InChI=1S/C14H17NO6/c1-21-10-4-2-3-9(7-10)8-12(16)15-11(14(19)20)5-6-13(17)18/h2-4,7,11H,5-6,8H2,1H3,(H,15,16)(H,17,18)(H,19,20)/t11-/m0/s1. The zero-order chi connectivity index (χ0) is 15.8. The van der Waals surface area contributed by atoms with Crippen LogP contribution in [0, 0.1) is 0 Å². The highest BCUT2D eigenvalue weighted by Gasteiger charge is 2.20. The summed E-state index contributed by atoms with van der Waals surface area (Å²) in [7, 11) is 1.51. The number of nitrogens with one attached hydrogen (secondary N) is 1. The molecule has 0 aromatic heterocycles. The minimum absolute atomic E-state index is 0.00590. The Morgan fingerprint density at radius 1 is 1.29 bits per heavy atom. The van der Waals surface area contributed by atoms with Crippen LogP contribution in [0.2, 0.25) is 0 Å². The number of hydrogen-bond acceptors (Lipinski definition) is 4. The largest absolute Gasteiger partial charge is 0.497 e. The second-order valence-electron chi connectivity index (χ2n) is 4.42. The van der Waals surface area contributed by atoms with Gasteiger partial charge in [-0.25, -0.2) is 4.79 Å². The van der Waals surface area contributed by atoms with E-state index in [9.17, 15) is 14.4 Å². The van der Waals surface area contributed by atoms with Crippen LogP contribution in [-0.2, 0) is 20.8 Å². The number of carboxylic acid groups (broad SMARTS) is 2. The lowest BCUT2D eigenvalue weighted by atomic mass is 10.1. The van der Waals surface area contributed by atoms with Gasteiger partial charge in [0.05, 0.1) is 13.5 Å². The van der Waals surface area contributed by atoms with Gasteiger partial charge < -0.3 is 20.3 Å². The van der Waals surface area contributed by atoms with Gasteiger partial charge in [-0.3, -0.25) is 9.59 Å². The normalized spacial score (nSPS) is 11.5. The van der Waals surface area contributed by atoms with Crippen LogP contribution < -0.4 is 10.1 Å². The zero-order valence-electron chi connectivity index (χ0n) is 11.5. The monoisotopic (exact) mass is 295 g/mol. The summed E-state index contributed by atoms with van der Waals surface area (Å²) in [6, 6.07) is 5.63. The number of amides is 1. The molecule has 0 bridgehead atoms. The Labute approximate surface area is 121 Å². The lowest BCUT2D eigenvalue weighted by Gasteiger charge is -2.13. The molecule has 0 unspecified atom stereocenters. The molecular weight excluding hydrogens is 278 g/mol. The Bertz CT molecular complexity index is 528. The molecule has 1 aromatic rings. The number of hydrogen-bond donors (Lipinski definition) is 3. The fraction of sp³-hybridized carbons (Fsp3) is 0.357. The van der Waals surface area contributed by atoms with Gasteiger partial charge in [0.2, 0.25) is 5.91 Å². The average molecular weight is 295 g/mol. The molecule has 0 radical (unpaired) electrons. The summed E-state index contributed by atoms with van der Waals surface area (Å²) in [6.07, 6.45) is -0.487. The third-order valence-electron chi connectivity index (χ3n) is 2.78. The maximum absolute atomic E-state index is 11.8. The zero-order valence-corrected chi connectivity index (χ0v) is 11.5. The van der Waals surface area contributed by atoms with E-state index in [0.717, 1.165) is 0 Å². The maximum Gasteiger partial charge on any atom is 0.326 e. The molecule has 7 nitrogen and oxygen atoms in total. The van der Waals surface area contributed by atoms with Crippen LogP contribution in [0.25, 0.3) is 0 Å². The van der Waals surface area contributed by atoms with Crippen molar-refractivity contribution in [2.24, 2.45) is 0 Å². The maximum atomic E-state index is 11.8. The summed E-state index contributed by atoms with van der Waals surface area (Å²) in [5.74, 6) is -2.25. The molecule has 7 heteroatoms. The molecule has 1 atom stereocenters. The van der Waals surface area contributed by atoms with Crippen molar-refractivity contribution in [3.05, 3.63) is 29.8 Å². The highest BCUT2D eigenvalue weighted by atomic mass is 16.5. The summed E-state index contributed by atoms with van der Waals surface area (Å²) in [5, 5.41) is 19.8. The lowest BCUT2D eigenvalue weighted by molar-refractivity contribution is -0.143. The molecule has 0 aliphatic carbocycles. The third kappa shape index (κ3) is 5.94. The minimum Gasteiger partial charge on any atom is -0.497 e. The summed E-state index contributed by atoms with van der Waals surface area (Å²) in [4.78, 5) is 33.2. The van der Waals surface area contributed by atoms with E-state index in [-0.39, 0.29) is 19.3 Å². The predicted molar refractivity (Wildman–Crippen MR) is 73.1 cm³/mol. The predicted octanol–water partition coefficient (Wildman–Crippen LogP) is 0.672. The van der Waals surface area contributed by atoms with E-state index in [1.165, 1.54) is 7.11 Å². The van der Waals surface area contributed by atoms with Gasteiger partial charge in [-0.15, -0.1) is 0 Å². The molecule has 0 aliphatic heterocycles. The summed E-state index contributed by atoms with van der Waals surface area (Å²) in [6.45, 7) is 0. The number of carbonyl (C=O) groups excluding carboxylic acids is 1. The van der Waals surface area contributed by atoms with Gasteiger partial charge in [0.1, 0.15) is 11.8 Å². The van der Waals surface area contributed by atoms with Crippen LogP contribution in [0.15, 0.2) is 24.3 Å². The summed E-state index contributed by atoms with van der Waals surface area (Å²) < 4.78 is 5.03. The average Bonchev–Trinajstić information content (AvgIpc) is 2.43. The molecule has 3 N–H and O–H groups in total. The Morgan fingerprint density at radius 3 is 2.57 bits per heavy atom. The van der Waals surface area contributed by atoms with E-state index in [1.54, 1.807) is 24.3 Å². The second-order valence-corrected chi connectivity index (χ2v) is 4.42. The van der Waals surface area contributed by atoms with E-state index in [0.29, 0.717) is 11.3 Å². The van der Waals surface area contributed by atoms with Crippen molar-refractivity contribution in [3.8, 4) is 5.75 Å². The molecule has 0 fully saturated rings. The first kappa shape index (κ1) is 16.5. The highest BCUT2D eigenvalue weighted by Crippen LogP contribution is 2.13. The fourth-order valence-corrected chi connectivity index (χ4v) is 1.74. The smallest absolute Gasteiger partial charge is 0.326 e. The van der Waals surface area contributed by atoms with E-state index >= 15 is 0 Å². The second kappa shape index (κ2) is 7.88. The van der Waals surface area contributed by atoms with Gasteiger partial charge in [-0.2, -0.15) is 0 Å². The van der Waals surface area contributed by atoms with Crippen LogP contribution in [0.5, 0.6) is 5.75 Å². The molecule has 0 aliphatic rings. The molecule has 0 saturated carbocycles. The van der Waals surface area contributed by atoms with Crippen molar-refractivity contribution in [2.75, 3.05) is 7.11 Å². The topological polar surface area (TPSA) is 113 Å². The number of aliphatic carboxylic acids is 2. The number of carbonyl (C=O) groups is 3. The highest BCUT2D eigenvalue weighted by molar-refractivity contribution is 5.85. The van der Waals surface area contributed by atoms with Gasteiger partial charge in [-0.1, -0.05) is 12.1 Å². The SMILES string of the molecule is COc1cccc(CC(=O)N[C@@H](CCC(=O)O)C(=O)O)c1. The number of rotatable bonds is 8. The van der Waals surface area contributed by atoms with E-state index < -0.39 is 23.9 Å². The quantitative estimate of drug-likeness (QED) is 0.649. The molecular formula is C14H17NO6. The molecule has 0 saturated heterocycles. The Kier molecular flexibility index (Phi) is 6.19. The third-order valence-corrected chi connectivity index (χ3v) is 2.78. The molecule has 1 rings (SSSR count). The number of ether oxygens (including phenoxy) is 1. The Morgan fingerprint density at radius 2 is 2.00 bits per heavy atom. The first-order valence-corrected chi connectivity index (χ1v) is 6.29. The minimum atomic E-state index is -1.25. The van der Waals surface area contributed by atoms with Crippen LogP contribution >= 0.6 is 0 Å². The van der Waals surface area contributed by atoms with Crippen LogP contribution in [0.4, 0.5) is 0 Å². The van der Waals surface area contributed by atoms with Crippen molar-refractivity contribution in [3.63, 3.8) is 0 Å². The number of carboxylic acids is 2. The summed E-state index contributed by atoms with van der Waals surface area (Å²) >= 11 is 0. The van der Waals surface area contributed by atoms with Gasteiger partial charge in [0.15, 0.2) is 0 Å². The Hall–Kier alpha value is -2.57.